The Balaban J connectivity index is 3.57. The fraction of sp³-hybridized carbons (Fsp3) is 0.542. The number of halogens is 2. The molecule has 0 amide bonds. The normalized spacial score (nSPS) is 15.6. The van der Waals surface area contributed by atoms with Gasteiger partial charge in [0.15, 0.2) is 0 Å². The van der Waals surface area contributed by atoms with E-state index in [0.717, 1.165) is 6.42 Å². The van der Waals surface area contributed by atoms with Crippen LogP contribution in [0.5, 0.6) is 0 Å². The lowest BCUT2D eigenvalue weighted by Gasteiger charge is -2.45. The number of rotatable bonds is 14. The Morgan fingerprint density at radius 2 is 2.09 bits per heavy atom. The molecule has 2 unspecified atom stereocenters. The zero-order valence-electron chi connectivity index (χ0n) is 20.0. The summed E-state index contributed by atoms with van der Waals surface area (Å²) >= 11 is 6.72. The molecule has 32 heavy (non-hydrogen) atoms. The molecule has 3 atom stereocenters. The summed E-state index contributed by atoms with van der Waals surface area (Å²) in [5.74, 6) is -0.925. The van der Waals surface area contributed by atoms with Crippen molar-refractivity contribution in [3.8, 4) is 0 Å². The molecular weight excluding hydrogens is 433 g/mol. The zero-order valence-corrected chi connectivity index (χ0v) is 20.8. The van der Waals surface area contributed by atoms with Crippen LogP contribution in [0.15, 0.2) is 42.2 Å². The topological polar surface area (TPSA) is 62.8 Å². The summed E-state index contributed by atoms with van der Waals surface area (Å²) in [5, 5.41) is 6.84. The number of ether oxygens (including phenoxy) is 2. The van der Waals surface area contributed by atoms with Gasteiger partial charge >= 0.3 is 5.97 Å². The molecule has 2 N–H and O–H groups in total. The smallest absolute Gasteiger partial charge is 0.338 e. The van der Waals surface area contributed by atoms with E-state index in [1.807, 2.05) is 0 Å². The predicted octanol–water partition coefficient (Wildman–Crippen LogP) is 4.27. The molecule has 0 aliphatic heterocycles. The monoisotopic (exact) mass is 469 g/mol. The molecule has 1 rings (SSSR count). The largest absolute Gasteiger partial charge is 0.465 e. The molecule has 0 radical (unpaired) electrons. The highest BCUT2D eigenvalue weighted by Crippen LogP contribution is 2.40. The van der Waals surface area contributed by atoms with Gasteiger partial charge in [0, 0.05) is 49.9 Å². The first kappa shape index (κ1) is 27.9. The minimum absolute atomic E-state index is 0.0925. The summed E-state index contributed by atoms with van der Waals surface area (Å²) < 4.78 is 24.6. The van der Waals surface area contributed by atoms with Crippen LogP contribution in [0.25, 0.3) is 0 Å². The fourth-order valence-electron chi connectivity index (χ4n) is 3.79. The van der Waals surface area contributed by atoms with E-state index in [-0.39, 0.29) is 12.1 Å². The van der Waals surface area contributed by atoms with Crippen LogP contribution in [0.1, 0.15) is 43.1 Å². The van der Waals surface area contributed by atoms with E-state index in [1.54, 1.807) is 26.6 Å². The van der Waals surface area contributed by atoms with Gasteiger partial charge in [-0.05, 0) is 43.3 Å². The maximum Gasteiger partial charge on any atom is 0.338 e. The number of nitrogens with one attached hydrogen (secondary N) is 2. The molecular formula is C24H37ClFN3O3. The van der Waals surface area contributed by atoms with Gasteiger partial charge in [0.05, 0.1) is 25.3 Å². The Bertz CT molecular complexity index is 790. The number of benzene rings is 1. The van der Waals surface area contributed by atoms with Gasteiger partial charge in [0.2, 0.25) is 0 Å². The lowest BCUT2D eigenvalue weighted by molar-refractivity contribution is 0.0222. The van der Waals surface area contributed by atoms with E-state index >= 15 is 0 Å². The summed E-state index contributed by atoms with van der Waals surface area (Å²) in [6, 6.07) is 3.90. The molecule has 1 aromatic carbocycles. The average Bonchev–Trinajstić information content (AvgIpc) is 2.79. The Morgan fingerprint density at radius 1 is 1.41 bits per heavy atom. The molecule has 0 fully saturated rings. The minimum Gasteiger partial charge on any atom is -0.465 e. The minimum atomic E-state index is -0.508. The van der Waals surface area contributed by atoms with Crippen LogP contribution in [0.3, 0.4) is 0 Å². The second-order valence-corrected chi connectivity index (χ2v) is 8.32. The first-order valence-electron chi connectivity index (χ1n) is 10.7. The number of methoxy groups -OCH3 is 2. The van der Waals surface area contributed by atoms with Gasteiger partial charge in [-0.25, -0.2) is 9.18 Å². The van der Waals surface area contributed by atoms with Crippen LogP contribution in [0, 0.1) is 11.2 Å². The first-order valence-corrected chi connectivity index (χ1v) is 11.1. The second-order valence-electron chi connectivity index (χ2n) is 7.91. The lowest BCUT2D eigenvalue weighted by atomic mass is 9.78. The molecule has 0 aromatic heterocycles. The second kappa shape index (κ2) is 13.5. The Kier molecular flexibility index (Phi) is 11.8. The molecule has 0 aliphatic rings. The Labute approximate surface area is 196 Å². The number of nitrogens with zero attached hydrogens (tertiary/aromatic N) is 1. The average molecular weight is 470 g/mol. The third-order valence-electron chi connectivity index (χ3n) is 6.12. The highest BCUT2D eigenvalue weighted by atomic mass is 35.5. The van der Waals surface area contributed by atoms with Crippen LogP contribution < -0.4 is 10.6 Å². The summed E-state index contributed by atoms with van der Waals surface area (Å²) in [4.78, 5) is 14.6. The third-order valence-corrected chi connectivity index (χ3v) is 6.66. The summed E-state index contributed by atoms with van der Waals surface area (Å²) in [7, 11) is 4.75. The fourth-order valence-corrected chi connectivity index (χ4v) is 4.19. The van der Waals surface area contributed by atoms with E-state index in [9.17, 15) is 9.18 Å². The van der Waals surface area contributed by atoms with Crippen molar-refractivity contribution in [2.45, 2.75) is 45.8 Å². The lowest BCUT2D eigenvalue weighted by Crippen LogP contribution is -2.53. The van der Waals surface area contributed by atoms with E-state index < -0.39 is 17.2 Å². The molecule has 6 nitrogen and oxygen atoms in total. The van der Waals surface area contributed by atoms with Gasteiger partial charge < -0.3 is 20.1 Å². The highest BCUT2D eigenvalue weighted by molar-refractivity contribution is 6.30. The van der Waals surface area contributed by atoms with Gasteiger partial charge in [-0.15, -0.1) is 0 Å². The molecule has 8 heteroatoms. The van der Waals surface area contributed by atoms with E-state index in [1.165, 1.54) is 25.3 Å². The summed E-state index contributed by atoms with van der Waals surface area (Å²) in [6.07, 6.45) is 4.18. The van der Waals surface area contributed by atoms with Crippen molar-refractivity contribution in [1.29, 1.82) is 0 Å². The number of hydrogen-bond donors (Lipinski definition) is 2. The van der Waals surface area contributed by atoms with Crippen molar-refractivity contribution in [2.24, 2.45) is 5.41 Å². The molecule has 0 aliphatic carbocycles. The van der Waals surface area contributed by atoms with Crippen molar-refractivity contribution in [3.63, 3.8) is 0 Å². The number of hydrogen-bond acceptors (Lipinski definition) is 6. The van der Waals surface area contributed by atoms with E-state index in [2.05, 4.69) is 42.9 Å². The van der Waals surface area contributed by atoms with Crippen LogP contribution in [-0.2, 0) is 16.0 Å². The van der Waals surface area contributed by atoms with Crippen LogP contribution in [0.2, 0.25) is 0 Å². The van der Waals surface area contributed by atoms with Gasteiger partial charge in [0.1, 0.15) is 5.82 Å². The Morgan fingerprint density at radius 3 is 2.62 bits per heavy atom. The van der Waals surface area contributed by atoms with Gasteiger partial charge in [-0.1, -0.05) is 32.0 Å². The standard InChI is InChI=1S/C24H37ClFN3O3/c1-8-24(4,22(25)14-27-5)17(3)29(20(16-31-6)13-28-9-2)15-18-12-19(26)10-11-21(18)23(30)32-7/h9-12,14,17,20,27-28H,2,8,13,15-16H2,1,3-7H3/b22-14+/t17?,20-,24?/m1/s1. The molecule has 180 valence electrons. The predicted molar refractivity (Wildman–Crippen MR) is 128 cm³/mol. The van der Waals surface area contributed by atoms with Crippen molar-refractivity contribution in [2.75, 3.05) is 34.4 Å². The van der Waals surface area contributed by atoms with E-state index in [0.29, 0.717) is 35.9 Å². The molecule has 0 heterocycles. The Hall–Kier alpha value is -2.09. The van der Waals surface area contributed by atoms with Gasteiger partial charge in [-0.2, -0.15) is 0 Å². The van der Waals surface area contributed by atoms with Crippen molar-refractivity contribution in [1.82, 2.24) is 15.5 Å². The maximum absolute atomic E-state index is 14.2. The summed E-state index contributed by atoms with van der Waals surface area (Å²) in [5.41, 5.74) is 0.452. The van der Waals surface area contributed by atoms with Crippen LogP contribution >= 0.6 is 11.6 Å². The van der Waals surface area contributed by atoms with Crippen molar-refractivity contribution in [3.05, 3.63) is 59.2 Å². The molecule has 0 spiro atoms. The number of carbonyl (C=O) groups excluding carboxylic acids is 1. The van der Waals surface area contributed by atoms with Gasteiger partial charge in [-0.3, -0.25) is 4.90 Å². The quantitative estimate of drug-likeness (QED) is 0.397. The van der Waals surface area contributed by atoms with Crippen LogP contribution in [0.4, 0.5) is 4.39 Å². The maximum atomic E-state index is 14.2. The third kappa shape index (κ3) is 6.95. The molecule has 0 saturated carbocycles. The van der Waals surface area contributed by atoms with Crippen molar-refractivity contribution < 1.29 is 18.7 Å². The molecule has 0 saturated heterocycles. The molecule has 0 bridgehead atoms. The van der Waals surface area contributed by atoms with Crippen LogP contribution in [-0.4, -0.2) is 57.4 Å². The zero-order chi connectivity index (χ0) is 24.3. The van der Waals surface area contributed by atoms with Gasteiger partial charge in [0.25, 0.3) is 0 Å². The first-order chi connectivity index (χ1) is 15.2. The SMILES string of the molecule is C=CNC[C@H](COC)N(Cc1cc(F)ccc1C(=O)OC)C(C)C(C)(CC)/C(Cl)=C\NC. The van der Waals surface area contributed by atoms with E-state index in [4.69, 9.17) is 21.1 Å². The molecule has 1 aromatic rings. The van der Waals surface area contributed by atoms with Crippen molar-refractivity contribution >= 4 is 17.6 Å². The number of esters is 1. The summed E-state index contributed by atoms with van der Waals surface area (Å²) in [6.45, 7) is 11.3. The highest BCUT2D eigenvalue weighted by Gasteiger charge is 2.39. The number of carbonyl (C=O) groups is 1.